The van der Waals surface area contributed by atoms with Crippen molar-refractivity contribution >= 4 is 11.9 Å². The molecule has 8 heteroatoms. The predicted octanol–water partition coefficient (Wildman–Crippen LogP) is 0.810. The number of nitrogens with one attached hydrogen (secondary N) is 3. The lowest BCUT2D eigenvalue weighted by molar-refractivity contribution is 0.0690. The fourth-order valence-electron chi connectivity index (χ4n) is 2.20. The summed E-state index contributed by atoms with van der Waals surface area (Å²) in [7, 11) is 0. The Balaban J connectivity index is 1.93. The van der Waals surface area contributed by atoms with Crippen LogP contribution in [-0.2, 0) is 6.42 Å². The van der Waals surface area contributed by atoms with Gasteiger partial charge in [-0.05, 0) is 25.8 Å². The van der Waals surface area contributed by atoms with Crippen molar-refractivity contribution in [3.8, 4) is 0 Å². The number of carboxylic acids is 1. The first-order chi connectivity index (χ1) is 10.0. The van der Waals surface area contributed by atoms with Crippen LogP contribution in [0.2, 0.25) is 0 Å². The van der Waals surface area contributed by atoms with Crippen molar-refractivity contribution in [3.63, 3.8) is 0 Å². The smallest absolute Gasteiger partial charge is 0.352 e. The van der Waals surface area contributed by atoms with Gasteiger partial charge in [-0.2, -0.15) is 5.10 Å². The van der Waals surface area contributed by atoms with Crippen molar-refractivity contribution in [1.29, 1.82) is 0 Å². The SMILES string of the molecule is Cc1[nH]c(C(=O)O)c(C)c1C(=O)NCCCc1ncn[nH]1. The summed E-state index contributed by atoms with van der Waals surface area (Å²) in [5.41, 5.74) is 1.46. The average molecular weight is 291 g/mol. The summed E-state index contributed by atoms with van der Waals surface area (Å²) in [6.45, 7) is 3.78. The molecule has 2 aromatic heterocycles. The second-order valence-corrected chi connectivity index (χ2v) is 4.72. The summed E-state index contributed by atoms with van der Waals surface area (Å²) in [5.74, 6) is -0.572. The molecule has 0 spiro atoms. The fraction of sp³-hybridized carbons (Fsp3) is 0.385. The molecule has 2 heterocycles. The molecule has 0 radical (unpaired) electrons. The lowest BCUT2D eigenvalue weighted by atomic mass is 10.1. The van der Waals surface area contributed by atoms with Crippen LogP contribution in [0.4, 0.5) is 0 Å². The monoisotopic (exact) mass is 291 g/mol. The number of H-pyrrole nitrogens is 2. The fourth-order valence-corrected chi connectivity index (χ4v) is 2.20. The average Bonchev–Trinajstić information content (AvgIpc) is 3.03. The zero-order valence-corrected chi connectivity index (χ0v) is 11.9. The van der Waals surface area contributed by atoms with Crippen molar-refractivity contribution in [1.82, 2.24) is 25.5 Å². The van der Waals surface area contributed by atoms with Gasteiger partial charge in [-0.3, -0.25) is 9.89 Å². The molecule has 21 heavy (non-hydrogen) atoms. The lowest BCUT2D eigenvalue weighted by Gasteiger charge is -2.05. The number of aromatic amines is 2. The summed E-state index contributed by atoms with van der Waals surface area (Å²) >= 11 is 0. The highest BCUT2D eigenvalue weighted by Gasteiger charge is 2.21. The number of carbonyl (C=O) groups is 2. The van der Waals surface area contributed by atoms with E-state index in [2.05, 4.69) is 25.5 Å². The van der Waals surface area contributed by atoms with Crippen molar-refractivity contribution in [2.24, 2.45) is 0 Å². The van der Waals surface area contributed by atoms with Gasteiger partial charge in [0.15, 0.2) is 0 Å². The van der Waals surface area contributed by atoms with Gasteiger partial charge in [0.2, 0.25) is 0 Å². The van der Waals surface area contributed by atoms with E-state index in [1.54, 1.807) is 13.8 Å². The minimum Gasteiger partial charge on any atom is -0.477 e. The van der Waals surface area contributed by atoms with Crippen LogP contribution >= 0.6 is 0 Å². The number of aromatic nitrogens is 4. The molecule has 0 atom stereocenters. The van der Waals surface area contributed by atoms with Crippen molar-refractivity contribution in [3.05, 3.63) is 34.7 Å². The number of aryl methyl sites for hydroxylation is 2. The molecule has 0 fully saturated rings. The van der Waals surface area contributed by atoms with Gasteiger partial charge in [0.1, 0.15) is 17.8 Å². The van der Waals surface area contributed by atoms with Crippen LogP contribution in [0.5, 0.6) is 0 Å². The Labute approximate surface area is 121 Å². The minimum atomic E-state index is -1.07. The van der Waals surface area contributed by atoms with Crippen molar-refractivity contribution in [2.45, 2.75) is 26.7 Å². The highest BCUT2D eigenvalue weighted by atomic mass is 16.4. The first-order valence-electron chi connectivity index (χ1n) is 6.55. The van der Waals surface area contributed by atoms with E-state index in [0.29, 0.717) is 29.8 Å². The zero-order valence-electron chi connectivity index (χ0n) is 11.9. The number of carboxylic acid groups (broad SMARTS) is 1. The summed E-state index contributed by atoms with van der Waals surface area (Å²) in [5, 5.41) is 18.3. The number of amides is 1. The Hall–Kier alpha value is -2.64. The van der Waals surface area contributed by atoms with E-state index in [1.165, 1.54) is 6.33 Å². The first kappa shape index (κ1) is 14.8. The van der Waals surface area contributed by atoms with E-state index in [9.17, 15) is 9.59 Å². The standard InChI is InChI=1S/C13H17N5O3/c1-7-10(8(2)17-11(7)13(20)21)12(19)14-5-3-4-9-15-6-16-18-9/h6,17H,3-5H2,1-2H3,(H,14,19)(H,20,21)(H,15,16,18). The molecule has 4 N–H and O–H groups in total. The number of rotatable bonds is 6. The van der Waals surface area contributed by atoms with Crippen LogP contribution in [0.1, 0.15) is 44.3 Å². The summed E-state index contributed by atoms with van der Waals surface area (Å²) in [4.78, 5) is 29.9. The first-order valence-corrected chi connectivity index (χ1v) is 6.55. The topological polar surface area (TPSA) is 124 Å². The Morgan fingerprint density at radius 2 is 2.14 bits per heavy atom. The van der Waals surface area contributed by atoms with E-state index in [4.69, 9.17) is 5.11 Å². The Morgan fingerprint density at radius 3 is 2.71 bits per heavy atom. The van der Waals surface area contributed by atoms with Gasteiger partial charge in [0, 0.05) is 18.7 Å². The molecule has 0 aromatic carbocycles. The summed E-state index contributed by atoms with van der Waals surface area (Å²) in [6, 6.07) is 0. The molecule has 2 rings (SSSR count). The molecule has 1 amide bonds. The van der Waals surface area contributed by atoms with E-state index >= 15 is 0 Å². The predicted molar refractivity (Wildman–Crippen MR) is 74.3 cm³/mol. The van der Waals surface area contributed by atoms with E-state index < -0.39 is 5.97 Å². The molecule has 0 aliphatic heterocycles. The van der Waals surface area contributed by atoms with E-state index in [1.807, 2.05) is 0 Å². The molecular weight excluding hydrogens is 274 g/mol. The third kappa shape index (κ3) is 3.28. The lowest BCUT2D eigenvalue weighted by Crippen LogP contribution is -2.25. The second-order valence-electron chi connectivity index (χ2n) is 4.72. The largest absolute Gasteiger partial charge is 0.477 e. The second kappa shape index (κ2) is 6.21. The molecule has 112 valence electrons. The molecule has 0 saturated carbocycles. The van der Waals surface area contributed by atoms with Crippen molar-refractivity contribution < 1.29 is 14.7 Å². The molecule has 0 saturated heterocycles. The zero-order chi connectivity index (χ0) is 15.4. The van der Waals surface area contributed by atoms with Crippen LogP contribution < -0.4 is 5.32 Å². The number of hydrogen-bond donors (Lipinski definition) is 4. The van der Waals surface area contributed by atoms with Crippen LogP contribution in [0.15, 0.2) is 6.33 Å². The number of aromatic carboxylic acids is 1. The molecule has 0 bridgehead atoms. The third-order valence-corrected chi connectivity index (χ3v) is 3.22. The van der Waals surface area contributed by atoms with Crippen molar-refractivity contribution in [2.75, 3.05) is 6.54 Å². The molecule has 2 aromatic rings. The molecule has 8 nitrogen and oxygen atoms in total. The van der Waals surface area contributed by atoms with Gasteiger partial charge >= 0.3 is 5.97 Å². The van der Waals surface area contributed by atoms with Crippen LogP contribution in [0.3, 0.4) is 0 Å². The number of hydrogen-bond acceptors (Lipinski definition) is 4. The Bertz CT molecular complexity index is 645. The molecule has 0 aliphatic carbocycles. The third-order valence-electron chi connectivity index (χ3n) is 3.22. The van der Waals surface area contributed by atoms with Crippen LogP contribution in [0, 0.1) is 13.8 Å². The maximum atomic E-state index is 12.1. The van der Waals surface area contributed by atoms with Gasteiger partial charge in [-0.15, -0.1) is 0 Å². The van der Waals surface area contributed by atoms with Gasteiger partial charge in [-0.1, -0.05) is 0 Å². The Kier molecular flexibility index (Phi) is 4.36. The van der Waals surface area contributed by atoms with E-state index in [-0.39, 0.29) is 11.6 Å². The Morgan fingerprint density at radius 1 is 1.38 bits per heavy atom. The van der Waals surface area contributed by atoms with Gasteiger partial charge in [-0.25, -0.2) is 9.78 Å². The minimum absolute atomic E-state index is 0.0549. The number of nitrogens with zero attached hydrogens (tertiary/aromatic N) is 2. The highest BCUT2D eigenvalue weighted by molar-refractivity contribution is 6.00. The van der Waals surface area contributed by atoms with Crippen LogP contribution in [0.25, 0.3) is 0 Å². The molecule has 0 aliphatic rings. The maximum absolute atomic E-state index is 12.1. The molecular formula is C13H17N5O3. The summed E-state index contributed by atoms with van der Waals surface area (Å²) in [6.07, 6.45) is 2.84. The highest BCUT2D eigenvalue weighted by Crippen LogP contribution is 2.17. The summed E-state index contributed by atoms with van der Waals surface area (Å²) < 4.78 is 0. The number of carbonyl (C=O) groups excluding carboxylic acids is 1. The van der Waals surface area contributed by atoms with E-state index in [0.717, 1.165) is 12.2 Å². The van der Waals surface area contributed by atoms with Gasteiger partial charge in [0.05, 0.1) is 5.56 Å². The van der Waals surface area contributed by atoms with Gasteiger partial charge < -0.3 is 15.4 Å². The quantitative estimate of drug-likeness (QED) is 0.586. The maximum Gasteiger partial charge on any atom is 0.352 e. The van der Waals surface area contributed by atoms with Gasteiger partial charge in [0.25, 0.3) is 5.91 Å². The van der Waals surface area contributed by atoms with Crippen LogP contribution in [-0.4, -0.2) is 43.7 Å². The normalized spacial score (nSPS) is 10.6. The molecule has 0 unspecified atom stereocenters.